The lowest BCUT2D eigenvalue weighted by Crippen LogP contribution is -2.55. The Bertz CT molecular complexity index is 699. The number of hydrogen-bond acceptors (Lipinski definition) is 7. The van der Waals surface area contributed by atoms with E-state index in [4.69, 9.17) is 14.2 Å². The highest BCUT2D eigenvalue weighted by Gasteiger charge is 2.36. The minimum atomic E-state index is -0.570. The summed E-state index contributed by atoms with van der Waals surface area (Å²) in [5.74, 6) is 0.342. The molecule has 2 amide bonds. The van der Waals surface area contributed by atoms with Crippen LogP contribution in [0.1, 0.15) is 36.0 Å². The van der Waals surface area contributed by atoms with E-state index in [9.17, 15) is 9.59 Å². The smallest absolute Gasteiger partial charge is 0.259 e. The second-order valence-corrected chi connectivity index (χ2v) is 7.34. The monoisotopic (exact) mass is 406 g/mol. The van der Waals surface area contributed by atoms with Crippen LogP contribution in [-0.2, 0) is 9.53 Å². The van der Waals surface area contributed by atoms with Gasteiger partial charge in [-0.1, -0.05) is 6.07 Å². The molecule has 29 heavy (non-hydrogen) atoms. The number of ether oxygens (including phenoxy) is 3. The fraction of sp³-hybridized carbons (Fsp3) is 0.600. The van der Waals surface area contributed by atoms with Gasteiger partial charge in [0, 0.05) is 19.7 Å². The molecule has 1 aromatic rings. The van der Waals surface area contributed by atoms with E-state index < -0.39 is 12.1 Å². The maximum Gasteiger partial charge on any atom is 0.259 e. The predicted molar refractivity (Wildman–Crippen MR) is 107 cm³/mol. The standard InChI is InChI=1S/C20H30N4O5/c1-27-13-9-7-12(8-10-13)22-20(26)18-14(11-21-24-18)23-19(25)17-15(28-2)5-4-6-16(17)29-3/h4-6,12-14,18,21,24H,7-11H2,1-3H3,(H,22,26)(H,23,25). The molecule has 0 radical (unpaired) electrons. The molecule has 0 spiro atoms. The summed E-state index contributed by atoms with van der Waals surface area (Å²) >= 11 is 0. The van der Waals surface area contributed by atoms with Crippen molar-refractivity contribution in [2.24, 2.45) is 0 Å². The van der Waals surface area contributed by atoms with Gasteiger partial charge >= 0.3 is 0 Å². The van der Waals surface area contributed by atoms with Crippen molar-refractivity contribution < 1.29 is 23.8 Å². The van der Waals surface area contributed by atoms with E-state index in [0.29, 0.717) is 23.6 Å². The van der Waals surface area contributed by atoms with Crippen molar-refractivity contribution >= 4 is 11.8 Å². The highest BCUT2D eigenvalue weighted by Crippen LogP contribution is 2.28. The minimum absolute atomic E-state index is 0.127. The molecule has 0 bridgehead atoms. The number of hydrazine groups is 1. The van der Waals surface area contributed by atoms with Crippen LogP contribution in [0.25, 0.3) is 0 Å². The maximum absolute atomic E-state index is 12.9. The molecule has 1 aliphatic heterocycles. The van der Waals surface area contributed by atoms with Crippen LogP contribution in [0.4, 0.5) is 0 Å². The number of benzene rings is 1. The molecule has 1 saturated carbocycles. The lowest BCUT2D eigenvalue weighted by Gasteiger charge is -2.29. The van der Waals surface area contributed by atoms with Crippen LogP contribution in [0.2, 0.25) is 0 Å². The number of hydrogen-bond donors (Lipinski definition) is 4. The Hall–Kier alpha value is -2.36. The number of nitrogens with one attached hydrogen (secondary N) is 4. The van der Waals surface area contributed by atoms with E-state index in [-0.39, 0.29) is 24.0 Å². The van der Waals surface area contributed by atoms with Gasteiger partial charge < -0.3 is 24.8 Å². The molecule has 2 fully saturated rings. The molecule has 160 valence electrons. The maximum atomic E-state index is 12.9. The highest BCUT2D eigenvalue weighted by molar-refractivity contribution is 6.00. The summed E-state index contributed by atoms with van der Waals surface area (Å²) in [6.07, 6.45) is 3.92. The molecule has 1 saturated heterocycles. The zero-order valence-corrected chi connectivity index (χ0v) is 17.1. The number of methoxy groups -OCH3 is 3. The Morgan fingerprint density at radius 3 is 2.24 bits per heavy atom. The van der Waals surface area contributed by atoms with Crippen molar-refractivity contribution in [2.45, 2.75) is 49.9 Å². The molecule has 2 unspecified atom stereocenters. The van der Waals surface area contributed by atoms with Crippen LogP contribution in [0.5, 0.6) is 11.5 Å². The molecule has 4 N–H and O–H groups in total. The first-order valence-corrected chi connectivity index (χ1v) is 9.90. The van der Waals surface area contributed by atoms with E-state index in [1.807, 2.05) is 0 Å². The SMILES string of the molecule is COc1cccc(OC)c1C(=O)NC1CNNC1C(=O)NC1CCC(OC)CC1. The van der Waals surface area contributed by atoms with Crippen LogP contribution in [0.15, 0.2) is 18.2 Å². The molecule has 0 aromatic heterocycles. The molecule has 9 nitrogen and oxygen atoms in total. The summed E-state index contributed by atoms with van der Waals surface area (Å²) in [6, 6.07) is 4.29. The van der Waals surface area contributed by atoms with Gasteiger partial charge in [-0.15, -0.1) is 0 Å². The second kappa shape index (κ2) is 9.91. The van der Waals surface area contributed by atoms with E-state index in [1.54, 1.807) is 25.3 Å². The lowest BCUT2D eigenvalue weighted by atomic mass is 9.92. The van der Waals surface area contributed by atoms with Crippen molar-refractivity contribution in [1.82, 2.24) is 21.5 Å². The molecule has 1 aliphatic carbocycles. The third-order valence-corrected chi connectivity index (χ3v) is 5.59. The summed E-state index contributed by atoms with van der Waals surface area (Å²) in [7, 11) is 4.72. The largest absolute Gasteiger partial charge is 0.496 e. The van der Waals surface area contributed by atoms with Crippen molar-refractivity contribution in [3.63, 3.8) is 0 Å². The van der Waals surface area contributed by atoms with E-state index >= 15 is 0 Å². The Balaban J connectivity index is 1.62. The average molecular weight is 406 g/mol. The first-order chi connectivity index (χ1) is 14.1. The Kier molecular flexibility index (Phi) is 7.29. The van der Waals surface area contributed by atoms with E-state index in [2.05, 4.69) is 21.5 Å². The topological polar surface area (TPSA) is 110 Å². The molecule has 1 heterocycles. The van der Waals surface area contributed by atoms with Crippen LogP contribution in [0, 0.1) is 0 Å². The van der Waals surface area contributed by atoms with Gasteiger partial charge in [-0.2, -0.15) is 0 Å². The fourth-order valence-electron chi connectivity index (χ4n) is 3.93. The fourth-order valence-corrected chi connectivity index (χ4v) is 3.93. The van der Waals surface area contributed by atoms with E-state index in [0.717, 1.165) is 25.7 Å². The van der Waals surface area contributed by atoms with Crippen molar-refractivity contribution in [2.75, 3.05) is 27.9 Å². The quantitative estimate of drug-likeness (QED) is 0.517. The predicted octanol–water partition coefficient (Wildman–Crippen LogP) is 0.352. The summed E-state index contributed by atoms with van der Waals surface area (Å²) in [6.45, 7) is 0.428. The number of carbonyl (C=O) groups is 2. The number of rotatable bonds is 7. The minimum Gasteiger partial charge on any atom is -0.496 e. The number of amides is 2. The molecule has 3 rings (SSSR count). The van der Waals surface area contributed by atoms with E-state index in [1.165, 1.54) is 14.2 Å². The highest BCUT2D eigenvalue weighted by atomic mass is 16.5. The summed E-state index contributed by atoms with van der Waals surface area (Å²) in [4.78, 5) is 25.7. The molecular formula is C20H30N4O5. The van der Waals surface area contributed by atoms with Crippen LogP contribution in [0.3, 0.4) is 0 Å². The summed E-state index contributed by atoms with van der Waals surface area (Å²) in [5, 5.41) is 6.02. The van der Waals surface area contributed by atoms with Gasteiger partial charge in [0.15, 0.2) is 0 Å². The molecule has 1 aromatic carbocycles. The van der Waals surface area contributed by atoms with Gasteiger partial charge in [0.05, 0.1) is 26.4 Å². The van der Waals surface area contributed by atoms with Gasteiger partial charge in [0.2, 0.25) is 5.91 Å². The first-order valence-electron chi connectivity index (χ1n) is 9.90. The van der Waals surface area contributed by atoms with Gasteiger partial charge in [-0.05, 0) is 37.8 Å². The Morgan fingerprint density at radius 2 is 1.66 bits per heavy atom. The Labute approximate surface area is 170 Å². The molecule has 9 heteroatoms. The molecule has 2 atom stereocenters. The molecule has 2 aliphatic rings. The average Bonchev–Trinajstić information content (AvgIpc) is 3.21. The van der Waals surface area contributed by atoms with Crippen molar-refractivity contribution in [3.8, 4) is 11.5 Å². The van der Waals surface area contributed by atoms with Gasteiger partial charge in [-0.25, -0.2) is 5.43 Å². The van der Waals surface area contributed by atoms with Crippen molar-refractivity contribution in [3.05, 3.63) is 23.8 Å². The normalized spacial score (nSPS) is 26.6. The van der Waals surface area contributed by atoms with Crippen LogP contribution < -0.4 is 31.0 Å². The van der Waals surface area contributed by atoms with Gasteiger partial charge in [0.1, 0.15) is 23.1 Å². The van der Waals surface area contributed by atoms with Crippen LogP contribution >= 0.6 is 0 Å². The number of carbonyl (C=O) groups excluding carboxylic acids is 2. The second-order valence-electron chi connectivity index (χ2n) is 7.34. The van der Waals surface area contributed by atoms with Gasteiger partial charge in [-0.3, -0.25) is 15.0 Å². The third-order valence-electron chi connectivity index (χ3n) is 5.59. The summed E-state index contributed by atoms with van der Waals surface area (Å²) in [5.41, 5.74) is 6.24. The first kappa shape index (κ1) is 21.4. The van der Waals surface area contributed by atoms with Crippen molar-refractivity contribution in [1.29, 1.82) is 0 Å². The third kappa shape index (κ3) is 4.98. The lowest BCUT2D eigenvalue weighted by molar-refractivity contribution is -0.124. The van der Waals surface area contributed by atoms with Crippen LogP contribution in [-0.4, -0.2) is 63.9 Å². The zero-order chi connectivity index (χ0) is 20.8. The Morgan fingerprint density at radius 1 is 1.00 bits per heavy atom. The summed E-state index contributed by atoms with van der Waals surface area (Å²) < 4.78 is 16.0. The molecular weight excluding hydrogens is 376 g/mol. The zero-order valence-electron chi connectivity index (χ0n) is 17.1. The van der Waals surface area contributed by atoms with Gasteiger partial charge in [0.25, 0.3) is 5.91 Å².